The highest BCUT2D eigenvalue weighted by Crippen LogP contribution is 2.26. The number of aromatic nitrogens is 1. The van der Waals surface area contributed by atoms with E-state index < -0.39 is 0 Å². The molecule has 18 heavy (non-hydrogen) atoms. The second-order valence-corrected chi connectivity index (χ2v) is 4.67. The zero-order chi connectivity index (χ0) is 13.1. The fourth-order valence-corrected chi connectivity index (χ4v) is 2.30. The Balaban J connectivity index is 2.24. The number of amides is 1. The van der Waals surface area contributed by atoms with Gasteiger partial charge in [0.25, 0.3) is 0 Å². The van der Waals surface area contributed by atoms with E-state index in [0.717, 1.165) is 18.7 Å². The van der Waals surface area contributed by atoms with E-state index in [1.54, 1.807) is 6.07 Å². The maximum absolute atomic E-state index is 11.3. The van der Waals surface area contributed by atoms with Crippen LogP contribution in [0, 0.1) is 17.2 Å². The summed E-state index contributed by atoms with van der Waals surface area (Å²) in [5.74, 6) is 0.351. The summed E-state index contributed by atoms with van der Waals surface area (Å²) in [5.41, 5.74) is 5.76. The van der Waals surface area contributed by atoms with Gasteiger partial charge < -0.3 is 10.6 Å². The molecule has 1 amide bonds. The minimum atomic E-state index is -0.261. The first-order valence-electron chi connectivity index (χ1n) is 6.05. The molecule has 94 valence electrons. The zero-order valence-electron chi connectivity index (χ0n) is 10.3. The number of carbonyl (C=O) groups excluding carboxylic acids is 1. The molecule has 2 rings (SSSR count). The van der Waals surface area contributed by atoms with Crippen LogP contribution in [-0.4, -0.2) is 23.5 Å². The van der Waals surface area contributed by atoms with Crippen LogP contribution in [0.5, 0.6) is 0 Å². The van der Waals surface area contributed by atoms with Crippen molar-refractivity contribution >= 4 is 11.7 Å². The number of anilines is 1. The van der Waals surface area contributed by atoms with Gasteiger partial charge in [0.1, 0.15) is 17.6 Å². The molecule has 1 aliphatic rings. The van der Waals surface area contributed by atoms with Crippen molar-refractivity contribution in [2.24, 2.45) is 11.7 Å². The molecule has 0 saturated carbocycles. The fourth-order valence-electron chi connectivity index (χ4n) is 2.30. The van der Waals surface area contributed by atoms with E-state index >= 15 is 0 Å². The van der Waals surface area contributed by atoms with E-state index in [1.165, 1.54) is 0 Å². The summed E-state index contributed by atoms with van der Waals surface area (Å²) < 4.78 is 0. The zero-order valence-corrected chi connectivity index (χ0v) is 10.3. The molecule has 0 aromatic carbocycles. The lowest BCUT2D eigenvalue weighted by Crippen LogP contribution is -2.46. The predicted octanol–water partition coefficient (Wildman–Crippen LogP) is 1.04. The molecule has 5 nitrogen and oxygen atoms in total. The highest BCUT2D eigenvalue weighted by Gasteiger charge is 2.29. The lowest BCUT2D eigenvalue weighted by molar-refractivity contribution is -0.122. The summed E-state index contributed by atoms with van der Waals surface area (Å²) in [6.07, 6.45) is 1.73. The minimum Gasteiger partial charge on any atom is -0.369 e. The first-order valence-corrected chi connectivity index (χ1v) is 6.05. The highest BCUT2D eigenvalue weighted by atomic mass is 16.1. The largest absolute Gasteiger partial charge is 0.369 e. The molecule has 5 heteroatoms. The molecule has 1 fully saturated rings. The molecule has 1 aliphatic heterocycles. The van der Waals surface area contributed by atoms with E-state index in [9.17, 15) is 4.79 Å². The molecule has 0 bridgehead atoms. The van der Waals surface area contributed by atoms with Crippen molar-refractivity contribution in [3.63, 3.8) is 0 Å². The Labute approximate surface area is 106 Å². The normalized spacial score (nSPS) is 23.4. The third-order valence-corrected chi connectivity index (χ3v) is 3.43. The molecule has 1 saturated heterocycles. The number of primary amides is 1. The van der Waals surface area contributed by atoms with E-state index in [0.29, 0.717) is 18.3 Å². The maximum atomic E-state index is 11.3. The number of carbonyl (C=O) groups is 1. The second-order valence-electron chi connectivity index (χ2n) is 4.67. The molecule has 0 aliphatic carbocycles. The molecule has 2 heterocycles. The lowest BCUT2D eigenvalue weighted by Gasteiger charge is -2.37. The number of nitrogens with zero attached hydrogens (tertiary/aromatic N) is 3. The van der Waals surface area contributed by atoms with Gasteiger partial charge in [0, 0.05) is 12.6 Å². The van der Waals surface area contributed by atoms with Gasteiger partial charge in [-0.15, -0.1) is 0 Å². The molecular weight excluding hydrogens is 228 g/mol. The van der Waals surface area contributed by atoms with Crippen LogP contribution >= 0.6 is 0 Å². The Bertz CT molecular complexity index is 494. The summed E-state index contributed by atoms with van der Waals surface area (Å²) >= 11 is 0. The quantitative estimate of drug-likeness (QED) is 0.842. The van der Waals surface area contributed by atoms with Gasteiger partial charge in [-0.2, -0.15) is 5.26 Å². The molecule has 2 N–H and O–H groups in total. The van der Waals surface area contributed by atoms with Gasteiger partial charge in [-0.25, -0.2) is 4.98 Å². The van der Waals surface area contributed by atoms with Crippen LogP contribution in [-0.2, 0) is 4.79 Å². The molecule has 2 unspecified atom stereocenters. The van der Waals surface area contributed by atoms with Crippen molar-refractivity contribution in [1.82, 2.24) is 4.98 Å². The van der Waals surface area contributed by atoms with Crippen LogP contribution in [0.3, 0.4) is 0 Å². The lowest BCUT2D eigenvalue weighted by atomic mass is 9.93. The summed E-state index contributed by atoms with van der Waals surface area (Å²) in [6, 6.07) is 7.67. The van der Waals surface area contributed by atoms with Gasteiger partial charge in [-0.1, -0.05) is 6.07 Å². The van der Waals surface area contributed by atoms with Crippen molar-refractivity contribution < 1.29 is 4.79 Å². The van der Waals surface area contributed by atoms with Crippen molar-refractivity contribution in [1.29, 1.82) is 5.26 Å². The summed E-state index contributed by atoms with van der Waals surface area (Å²) in [5, 5.41) is 8.86. The Morgan fingerprint density at radius 1 is 1.56 bits per heavy atom. The molecule has 2 atom stereocenters. The standard InChI is InChI=1S/C13H16N4O/c1-9-5-6-10(13(15)18)8-17(9)12-4-2-3-11(7-14)16-12/h2-4,9-10H,5-6,8H2,1H3,(H2,15,18). The average molecular weight is 244 g/mol. The van der Waals surface area contributed by atoms with Gasteiger partial charge in [-0.3, -0.25) is 4.79 Å². The van der Waals surface area contributed by atoms with E-state index in [-0.39, 0.29) is 11.8 Å². The van der Waals surface area contributed by atoms with Crippen LogP contribution in [0.1, 0.15) is 25.5 Å². The third kappa shape index (κ3) is 2.43. The van der Waals surface area contributed by atoms with Crippen molar-refractivity contribution in [3.8, 4) is 6.07 Å². The summed E-state index contributed by atoms with van der Waals surface area (Å²) in [4.78, 5) is 17.6. The predicted molar refractivity (Wildman–Crippen MR) is 67.7 cm³/mol. The summed E-state index contributed by atoms with van der Waals surface area (Å²) in [7, 11) is 0. The van der Waals surface area contributed by atoms with Crippen LogP contribution in [0.2, 0.25) is 0 Å². The minimum absolute atomic E-state index is 0.131. The van der Waals surface area contributed by atoms with Crippen LogP contribution < -0.4 is 10.6 Å². The summed E-state index contributed by atoms with van der Waals surface area (Å²) in [6.45, 7) is 2.68. The van der Waals surface area contributed by atoms with E-state index in [1.807, 2.05) is 18.2 Å². The van der Waals surface area contributed by atoms with Gasteiger partial charge in [-0.05, 0) is 31.9 Å². The smallest absolute Gasteiger partial charge is 0.222 e. The topological polar surface area (TPSA) is 83.0 Å². The highest BCUT2D eigenvalue weighted by molar-refractivity contribution is 5.77. The Kier molecular flexibility index (Phi) is 3.47. The van der Waals surface area contributed by atoms with Gasteiger partial charge in [0.05, 0.1) is 5.92 Å². The van der Waals surface area contributed by atoms with Crippen LogP contribution in [0.25, 0.3) is 0 Å². The number of hydrogen-bond donors (Lipinski definition) is 1. The number of pyridine rings is 1. The number of piperidine rings is 1. The van der Waals surface area contributed by atoms with Crippen LogP contribution in [0.4, 0.5) is 5.82 Å². The van der Waals surface area contributed by atoms with Crippen molar-refractivity contribution in [2.75, 3.05) is 11.4 Å². The molecular formula is C13H16N4O. The third-order valence-electron chi connectivity index (χ3n) is 3.43. The Hall–Kier alpha value is -2.09. The van der Waals surface area contributed by atoms with Crippen LogP contribution in [0.15, 0.2) is 18.2 Å². The van der Waals surface area contributed by atoms with Gasteiger partial charge in [0.15, 0.2) is 0 Å². The molecule has 1 aromatic heterocycles. The van der Waals surface area contributed by atoms with Gasteiger partial charge >= 0.3 is 0 Å². The average Bonchev–Trinajstić information content (AvgIpc) is 2.39. The Morgan fingerprint density at radius 2 is 2.33 bits per heavy atom. The van der Waals surface area contributed by atoms with Gasteiger partial charge in [0.2, 0.25) is 5.91 Å². The number of nitrogens with two attached hydrogens (primary N) is 1. The Morgan fingerprint density at radius 3 is 3.00 bits per heavy atom. The first-order chi connectivity index (χ1) is 8.61. The maximum Gasteiger partial charge on any atom is 0.222 e. The number of rotatable bonds is 2. The molecule has 0 spiro atoms. The molecule has 0 radical (unpaired) electrons. The fraction of sp³-hybridized carbons (Fsp3) is 0.462. The SMILES string of the molecule is CC1CCC(C(N)=O)CN1c1cccc(C#N)n1. The van der Waals surface area contributed by atoms with Crippen molar-refractivity contribution in [2.45, 2.75) is 25.8 Å². The second kappa shape index (κ2) is 5.05. The first kappa shape index (κ1) is 12.4. The molecule has 1 aromatic rings. The van der Waals surface area contributed by atoms with E-state index in [2.05, 4.69) is 16.8 Å². The van der Waals surface area contributed by atoms with E-state index in [4.69, 9.17) is 11.0 Å². The monoisotopic (exact) mass is 244 g/mol. The van der Waals surface area contributed by atoms with Crippen molar-refractivity contribution in [3.05, 3.63) is 23.9 Å². The number of hydrogen-bond acceptors (Lipinski definition) is 4. The number of nitriles is 1.